The molecule has 1 aliphatic rings. The van der Waals surface area contributed by atoms with Crippen molar-refractivity contribution < 1.29 is 9.53 Å². The van der Waals surface area contributed by atoms with Crippen molar-refractivity contribution in [2.45, 2.75) is 19.8 Å². The van der Waals surface area contributed by atoms with Gasteiger partial charge in [0.15, 0.2) is 0 Å². The van der Waals surface area contributed by atoms with Crippen LogP contribution in [0.5, 0.6) is 0 Å². The van der Waals surface area contributed by atoms with Gasteiger partial charge < -0.3 is 9.64 Å². The Labute approximate surface area is 131 Å². The zero-order valence-electron chi connectivity index (χ0n) is 13.2. The average Bonchev–Trinajstić information content (AvgIpc) is 2.55. The third-order valence-electron chi connectivity index (χ3n) is 4.42. The number of carbonyl (C=O) groups is 1. The summed E-state index contributed by atoms with van der Waals surface area (Å²) in [7, 11) is 2.07. The van der Waals surface area contributed by atoms with Crippen molar-refractivity contribution >= 4 is 17.3 Å². The number of ether oxygens (including phenoxy) is 1. The summed E-state index contributed by atoms with van der Waals surface area (Å²) in [5, 5.41) is 0. The van der Waals surface area contributed by atoms with Gasteiger partial charge in [0.25, 0.3) is 0 Å². The fraction of sp³-hybridized carbons (Fsp3) is 0.316. The molecular weight excluding hydrogens is 274 g/mol. The van der Waals surface area contributed by atoms with Crippen molar-refractivity contribution in [3.63, 3.8) is 0 Å². The summed E-state index contributed by atoms with van der Waals surface area (Å²) in [5.74, 6) is -0.319. The number of anilines is 2. The van der Waals surface area contributed by atoms with Gasteiger partial charge in [0.2, 0.25) is 0 Å². The van der Waals surface area contributed by atoms with Gasteiger partial charge in [-0.1, -0.05) is 43.3 Å². The van der Waals surface area contributed by atoms with Crippen LogP contribution in [0.2, 0.25) is 0 Å². The lowest BCUT2D eigenvalue weighted by atomic mass is 9.77. The number of benzene rings is 2. The van der Waals surface area contributed by atoms with Crippen LogP contribution in [0.15, 0.2) is 48.5 Å². The van der Waals surface area contributed by atoms with Crippen LogP contribution < -0.4 is 4.90 Å². The summed E-state index contributed by atoms with van der Waals surface area (Å²) in [6, 6.07) is 16.6. The van der Waals surface area contributed by atoms with E-state index in [1.54, 1.807) is 0 Å². The summed E-state index contributed by atoms with van der Waals surface area (Å²) in [5.41, 5.74) is 4.68. The van der Waals surface area contributed by atoms with E-state index in [1.807, 2.05) is 38.1 Å². The average molecular weight is 295 g/mol. The molecule has 3 nitrogen and oxygen atoms in total. The molecule has 0 saturated carbocycles. The fourth-order valence-electron chi connectivity index (χ4n) is 3.36. The van der Waals surface area contributed by atoms with E-state index >= 15 is 0 Å². The summed E-state index contributed by atoms with van der Waals surface area (Å²) in [6.07, 6.45) is 0. The molecule has 1 aliphatic heterocycles. The first kappa shape index (κ1) is 14.6. The molecule has 3 heteroatoms. The van der Waals surface area contributed by atoms with Crippen LogP contribution in [0.3, 0.4) is 0 Å². The van der Waals surface area contributed by atoms with Gasteiger partial charge in [-0.3, -0.25) is 4.79 Å². The topological polar surface area (TPSA) is 29.5 Å². The van der Waals surface area contributed by atoms with Gasteiger partial charge in [0, 0.05) is 24.3 Å². The minimum Gasteiger partial charge on any atom is -0.466 e. The molecule has 0 N–H and O–H groups in total. The second-order valence-electron chi connectivity index (χ2n) is 5.70. The summed E-state index contributed by atoms with van der Waals surface area (Å²) >= 11 is 0. The molecule has 0 radical (unpaired) electrons. The highest BCUT2D eigenvalue weighted by molar-refractivity contribution is 5.81. The summed E-state index contributed by atoms with van der Waals surface area (Å²) in [4.78, 5) is 14.5. The maximum atomic E-state index is 12.3. The molecule has 114 valence electrons. The van der Waals surface area contributed by atoms with Gasteiger partial charge in [-0.15, -0.1) is 0 Å². The lowest BCUT2D eigenvalue weighted by Gasteiger charge is -2.37. The molecule has 3 rings (SSSR count). The number of nitrogens with zero attached hydrogens (tertiary/aromatic N) is 1. The van der Waals surface area contributed by atoms with Crippen LogP contribution in [-0.4, -0.2) is 19.6 Å². The van der Waals surface area contributed by atoms with Crippen LogP contribution in [0, 0.1) is 5.92 Å². The highest BCUT2D eigenvalue weighted by Gasteiger charge is 2.35. The van der Waals surface area contributed by atoms with Crippen LogP contribution in [0.4, 0.5) is 11.4 Å². The Morgan fingerprint density at radius 3 is 2.09 bits per heavy atom. The van der Waals surface area contributed by atoms with E-state index in [4.69, 9.17) is 4.74 Å². The van der Waals surface area contributed by atoms with Crippen molar-refractivity contribution in [1.29, 1.82) is 0 Å². The first-order chi connectivity index (χ1) is 10.6. The lowest BCUT2D eigenvalue weighted by Crippen LogP contribution is -2.29. The molecule has 22 heavy (non-hydrogen) atoms. The van der Waals surface area contributed by atoms with Gasteiger partial charge >= 0.3 is 5.97 Å². The first-order valence-corrected chi connectivity index (χ1v) is 7.73. The van der Waals surface area contributed by atoms with E-state index < -0.39 is 0 Å². The molecule has 0 saturated heterocycles. The molecule has 1 atom stereocenters. The van der Waals surface area contributed by atoms with Crippen LogP contribution in [0.25, 0.3) is 0 Å². The number of hydrogen-bond acceptors (Lipinski definition) is 3. The van der Waals surface area contributed by atoms with Crippen molar-refractivity contribution in [2.24, 2.45) is 5.92 Å². The predicted octanol–water partition coefficient (Wildman–Crippen LogP) is 4.10. The number of esters is 1. The summed E-state index contributed by atoms with van der Waals surface area (Å²) < 4.78 is 5.26. The molecule has 1 unspecified atom stereocenters. The molecule has 0 amide bonds. The van der Waals surface area contributed by atoms with Gasteiger partial charge in [0.05, 0.1) is 12.5 Å². The number of para-hydroxylation sites is 2. The van der Waals surface area contributed by atoms with Crippen LogP contribution >= 0.6 is 0 Å². The van der Waals surface area contributed by atoms with Crippen molar-refractivity contribution in [2.75, 3.05) is 18.6 Å². The molecule has 0 bridgehead atoms. The third-order valence-corrected chi connectivity index (χ3v) is 4.42. The number of fused-ring (bicyclic) bond motifs is 2. The number of carbonyl (C=O) groups excluding carboxylic acids is 1. The molecule has 2 aromatic carbocycles. The van der Waals surface area contributed by atoms with Crippen molar-refractivity contribution in [3.8, 4) is 0 Å². The maximum absolute atomic E-state index is 12.3. The Kier molecular flexibility index (Phi) is 3.88. The smallest absolute Gasteiger partial charge is 0.309 e. The second kappa shape index (κ2) is 5.84. The second-order valence-corrected chi connectivity index (χ2v) is 5.70. The van der Waals surface area contributed by atoms with Gasteiger partial charge in [0.1, 0.15) is 0 Å². The zero-order valence-corrected chi connectivity index (χ0v) is 13.2. The van der Waals surface area contributed by atoms with E-state index in [0.717, 1.165) is 11.4 Å². The SMILES string of the molecule is CCOC(=O)C(C)C1c2ccccc2N(C)c2ccccc21. The van der Waals surface area contributed by atoms with E-state index in [2.05, 4.69) is 36.2 Å². The van der Waals surface area contributed by atoms with E-state index in [0.29, 0.717) is 6.61 Å². The third kappa shape index (κ3) is 2.27. The largest absolute Gasteiger partial charge is 0.466 e. The standard InChI is InChI=1S/C19H21NO2/c1-4-22-19(21)13(2)18-14-9-5-7-11-16(14)20(3)17-12-8-6-10-15(17)18/h5-13,18H,4H2,1-3H3. The maximum Gasteiger partial charge on any atom is 0.309 e. The molecule has 1 heterocycles. The first-order valence-electron chi connectivity index (χ1n) is 7.73. The molecule has 2 aromatic rings. The predicted molar refractivity (Wildman–Crippen MR) is 88.6 cm³/mol. The summed E-state index contributed by atoms with van der Waals surface area (Å²) in [6.45, 7) is 4.22. The molecule has 0 aromatic heterocycles. The Balaban J connectivity index is 2.14. The van der Waals surface area contributed by atoms with Gasteiger partial charge in [-0.2, -0.15) is 0 Å². The molecule has 0 aliphatic carbocycles. The normalized spacial score (nSPS) is 15.0. The quantitative estimate of drug-likeness (QED) is 0.798. The van der Waals surface area contributed by atoms with Crippen LogP contribution in [-0.2, 0) is 9.53 Å². The Morgan fingerprint density at radius 2 is 1.59 bits per heavy atom. The number of hydrogen-bond donors (Lipinski definition) is 0. The van der Waals surface area contributed by atoms with E-state index in [-0.39, 0.29) is 17.8 Å². The minimum absolute atomic E-state index is 0.0302. The molecule has 0 fully saturated rings. The monoisotopic (exact) mass is 295 g/mol. The van der Waals surface area contributed by atoms with Gasteiger partial charge in [-0.05, 0) is 30.2 Å². The van der Waals surface area contributed by atoms with Crippen LogP contribution in [0.1, 0.15) is 30.9 Å². The number of rotatable bonds is 3. The molecular formula is C19H21NO2. The molecule has 0 spiro atoms. The highest BCUT2D eigenvalue weighted by Crippen LogP contribution is 2.47. The Hall–Kier alpha value is -2.29. The lowest BCUT2D eigenvalue weighted by molar-refractivity contribution is -0.147. The van der Waals surface area contributed by atoms with Crippen molar-refractivity contribution in [3.05, 3.63) is 59.7 Å². The van der Waals surface area contributed by atoms with E-state index in [9.17, 15) is 4.79 Å². The highest BCUT2D eigenvalue weighted by atomic mass is 16.5. The van der Waals surface area contributed by atoms with E-state index in [1.165, 1.54) is 11.1 Å². The minimum atomic E-state index is -0.212. The fourth-order valence-corrected chi connectivity index (χ4v) is 3.36. The zero-order chi connectivity index (χ0) is 15.7. The van der Waals surface area contributed by atoms with Gasteiger partial charge in [-0.25, -0.2) is 0 Å². The Morgan fingerprint density at radius 1 is 1.09 bits per heavy atom. The Bertz CT molecular complexity index is 648. The van der Waals surface area contributed by atoms with Crippen molar-refractivity contribution in [1.82, 2.24) is 0 Å².